The number of nitrogens with one attached hydrogen (secondary N) is 4. The van der Waals surface area contributed by atoms with Gasteiger partial charge in [0.25, 0.3) is 0 Å². The minimum atomic E-state index is -0.813. The van der Waals surface area contributed by atoms with Crippen molar-refractivity contribution < 1.29 is 19.1 Å². The second kappa shape index (κ2) is 11.9. The molecule has 1 aliphatic heterocycles. The lowest BCUT2D eigenvalue weighted by molar-refractivity contribution is -0.135. The fourth-order valence-corrected chi connectivity index (χ4v) is 4.79. The molecule has 38 heavy (non-hydrogen) atoms. The summed E-state index contributed by atoms with van der Waals surface area (Å²) in [6.07, 6.45) is 2.19. The monoisotopic (exact) mass is 520 g/mol. The highest BCUT2D eigenvalue weighted by Crippen LogP contribution is 2.24. The largest absolute Gasteiger partial charge is 0.495 e. The first-order chi connectivity index (χ1) is 18.3. The maximum absolute atomic E-state index is 13.8. The van der Waals surface area contributed by atoms with Crippen LogP contribution < -0.4 is 20.7 Å². The smallest absolute Gasteiger partial charge is 0.320 e. The van der Waals surface area contributed by atoms with Crippen molar-refractivity contribution in [3.05, 3.63) is 60.3 Å². The van der Waals surface area contributed by atoms with E-state index in [1.54, 1.807) is 28.0 Å². The number of fused-ring (bicyclic) bond motifs is 1. The lowest BCUT2D eigenvalue weighted by Crippen LogP contribution is -2.61. The van der Waals surface area contributed by atoms with Crippen LogP contribution in [0.15, 0.2) is 54.7 Å². The summed E-state index contributed by atoms with van der Waals surface area (Å²) in [7, 11) is 1.53. The van der Waals surface area contributed by atoms with Gasteiger partial charge in [-0.2, -0.15) is 0 Å². The van der Waals surface area contributed by atoms with Gasteiger partial charge in [0.05, 0.1) is 12.8 Å². The lowest BCUT2D eigenvalue weighted by Gasteiger charge is -2.41. The van der Waals surface area contributed by atoms with E-state index in [4.69, 9.17) is 4.74 Å². The zero-order valence-corrected chi connectivity index (χ0v) is 22.3. The van der Waals surface area contributed by atoms with Crippen molar-refractivity contribution in [3.63, 3.8) is 0 Å². The van der Waals surface area contributed by atoms with Gasteiger partial charge in [0.2, 0.25) is 5.91 Å². The molecular weight excluding hydrogens is 484 g/mol. The van der Waals surface area contributed by atoms with E-state index in [2.05, 4.69) is 20.9 Å². The molecule has 1 aromatic heterocycles. The zero-order chi connectivity index (χ0) is 27.2. The molecule has 4 N–H and O–H groups in total. The van der Waals surface area contributed by atoms with Gasteiger partial charge >= 0.3 is 12.1 Å². The van der Waals surface area contributed by atoms with E-state index in [-0.39, 0.29) is 24.0 Å². The molecule has 2 atom stereocenters. The number of urea groups is 2. The number of aromatic nitrogens is 1. The highest BCUT2D eigenvalue weighted by molar-refractivity contribution is 5.95. The number of methoxy groups -OCH3 is 1. The van der Waals surface area contributed by atoms with Crippen LogP contribution in [0.25, 0.3) is 10.9 Å². The third-order valence-corrected chi connectivity index (χ3v) is 6.67. The van der Waals surface area contributed by atoms with Gasteiger partial charge in [-0.15, -0.1) is 0 Å². The van der Waals surface area contributed by atoms with Crippen molar-refractivity contribution in [1.82, 2.24) is 25.4 Å². The van der Waals surface area contributed by atoms with Crippen LogP contribution in [0.3, 0.4) is 0 Å². The minimum absolute atomic E-state index is 0.0286. The Balaban J connectivity index is 1.52. The van der Waals surface area contributed by atoms with Crippen LogP contribution in [0.4, 0.5) is 15.3 Å². The summed E-state index contributed by atoms with van der Waals surface area (Å²) in [6.45, 7) is 6.94. The SMILES string of the molecule is COc1ccccc1NC(=O)NC(Cc1c[nH]c2ccccc12)C(=O)N1CCN(C(=O)NC(C)C)C(C)C1. The molecule has 1 fully saturated rings. The van der Waals surface area contributed by atoms with E-state index in [0.29, 0.717) is 37.5 Å². The number of hydrogen-bond donors (Lipinski definition) is 4. The first-order valence-corrected chi connectivity index (χ1v) is 12.9. The van der Waals surface area contributed by atoms with E-state index >= 15 is 0 Å². The molecular formula is C28H36N6O4. The quantitative estimate of drug-likeness (QED) is 0.381. The molecule has 2 unspecified atom stereocenters. The number of ether oxygens (including phenoxy) is 1. The standard InChI is InChI=1S/C28H36N6O4/c1-18(2)30-28(37)34-14-13-33(17-19(34)3)26(35)24(15-20-16-29-22-10-6-5-9-21(20)22)32-27(36)31-23-11-7-8-12-25(23)38-4/h5-12,16,18-19,24,29H,13-15,17H2,1-4H3,(H,30,37)(H2,31,32,36). The number of carbonyl (C=O) groups excluding carboxylic acids is 3. The number of rotatable bonds is 7. The number of anilines is 1. The number of amides is 5. The van der Waals surface area contributed by atoms with Crippen LogP contribution in [-0.2, 0) is 11.2 Å². The molecule has 0 bridgehead atoms. The Hall–Kier alpha value is -4.21. The van der Waals surface area contributed by atoms with Crippen molar-refractivity contribution in [2.75, 3.05) is 32.1 Å². The molecule has 4 rings (SSSR count). The van der Waals surface area contributed by atoms with Gasteiger partial charge in [-0.3, -0.25) is 4.79 Å². The Morgan fingerprint density at radius 2 is 1.79 bits per heavy atom. The molecule has 202 valence electrons. The average Bonchev–Trinajstić information content (AvgIpc) is 3.30. The van der Waals surface area contributed by atoms with Crippen LogP contribution in [0.5, 0.6) is 5.75 Å². The summed E-state index contributed by atoms with van der Waals surface area (Å²) < 4.78 is 5.33. The van der Waals surface area contributed by atoms with E-state index < -0.39 is 12.1 Å². The van der Waals surface area contributed by atoms with Gasteiger partial charge in [-0.25, -0.2) is 9.59 Å². The highest BCUT2D eigenvalue weighted by Gasteiger charge is 2.34. The Bertz CT molecular complexity index is 1290. The molecule has 0 aliphatic carbocycles. The van der Waals surface area contributed by atoms with Gasteiger partial charge in [-0.05, 0) is 44.5 Å². The van der Waals surface area contributed by atoms with Gasteiger partial charge in [0.1, 0.15) is 11.8 Å². The van der Waals surface area contributed by atoms with Crippen LogP contribution in [0.2, 0.25) is 0 Å². The number of carbonyl (C=O) groups is 3. The second-order valence-corrected chi connectivity index (χ2v) is 9.85. The van der Waals surface area contributed by atoms with E-state index in [0.717, 1.165) is 16.5 Å². The zero-order valence-electron chi connectivity index (χ0n) is 22.3. The molecule has 2 heterocycles. The molecule has 0 spiro atoms. The Morgan fingerprint density at radius 1 is 1.05 bits per heavy atom. The van der Waals surface area contributed by atoms with Crippen LogP contribution in [0, 0.1) is 0 Å². The van der Waals surface area contributed by atoms with Crippen LogP contribution >= 0.6 is 0 Å². The number of H-pyrrole nitrogens is 1. The van der Waals surface area contributed by atoms with Crippen LogP contribution in [-0.4, -0.2) is 77.6 Å². The number of hydrogen-bond acceptors (Lipinski definition) is 4. The predicted octanol–water partition coefficient (Wildman–Crippen LogP) is 3.56. The highest BCUT2D eigenvalue weighted by atomic mass is 16.5. The molecule has 0 saturated carbocycles. The number of nitrogens with zero attached hydrogens (tertiary/aromatic N) is 2. The molecule has 3 aromatic rings. The fraction of sp³-hybridized carbons (Fsp3) is 0.393. The summed E-state index contributed by atoms with van der Waals surface area (Å²) in [5.41, 5.74) is 2.40. The summed E-state index contributed by atoms with van der Waals surface area (Å²) in [5.74, 6) is 0.327. The summed E-state index contributed by atoms with van der Waals surface area (Å²) in [6, 6.07) is 13.4. The first kappa shape index (κ1) is 26.8. The predicted molar refractivity (Wildman–Crippen MR) is 147 cm³/mol. The van der Waals surface area contributed by atoms with Crippen molar-refractivity contribution >= 4 is 34.6 Å². The summed E-state index contributed by atoms with van der Waals surface area (Å²) in [4.78, 5) is 46.2. The normalized spacial score (nSPS) is 16.3. The number of piperazine rings is 1. The number of para-hydroxylation sites is 3. The van der Waals surface area contributed by atoms with Gasteiger partial charge in [0, 0.05) is 55.2 Å². The number of aromatic amines is 1. The topological polar surface area (TPSA) is 119 Å². The summed E-state index contributed by atoms with van der Waals surface area (Å²) in [5, 5.41) is 9.61. The molecule has 1 aliphatic rings. The molecule has 1 saturated heterocycles. The van der Waals surface area contributed by atoms with Crippen molar-refractivity contribution in [2.45, 2.75) is 45.3 Å². The Kier molecular flexibility index (Phi) is 8.40. The molecule has 10 nitrogen and oxygen atoms in total. The van der Waals surface area contributed by atoms with Gasteiger partial charge in [-0.1, -0.05) is 30.3 Å². The molecule has 2 aromatic carbocycles. The molecule has 0 radical (unpaired) electrons. The second-order valence-electron chi connectivity index (χ2n) is 9.85. The molecule has 10 heteroatoms. The minimum Gasteiger partial charge on any atom is -0.495 e. The van der Waals surface area contributed by atoms with Gasteiger partial charge in [0.15, 0.2) is 0 Å². The maximum Gasteiger partial charge on any atom is 0.320 e. The lowest BCUT2D eigenvalue weighted by atomic mass is 10.0. The van der Waals surface area contributed by atoms with E-state index in [1.165, 1.54) is 7.11 Å². The fourth-order valence-electron chi connectivity index (χ4n) is 4.79. The maximum atomic E-state index is 13.8. The number of benzene rings is 2. The van der Waals surface area contributed by atoms with Crippen molar-refractivity contribution in [3.8, 4) is 5.75 Å². The van der Waals surface area contributed by atoms with Crippen LogP contribution in [0.1, 0.15) is 26.3 Å². The van der Waals surface area contributed by atoms with E-state index in [9.17, 15) is 14.4 Å². The third kappa shape index (κ3) is 6.19. The van der Waals surface area contributed by atoms with Gasteiger partial charge < -0.3 is 35.5 Å². The first-order valence-electron chi connectivity index (χ1n) is 12.9. The van der Waals surface area contributed by atoms with Crippen molar-refractivity contribution in [2.24, 2.45) is 0 Å². The van der Waals surface area contributed by atoms with Crippen molar-refractivity contribution in [1.29, 1.82) is 0 Å². The third-order valence-electron chi connectivity index (χ3n) is 6.67. The summed E-state index contributed by atoms with van der Waals surface area (Å²) >= 11 is 0. The Morgan fingerprint density at radius 3 is 2.53 bits per heavy atom. The molecule has 5 amide bonds. The average molecular weight is 521 g/mol. The van der Waals surface area contributed by atoms with E-state index in [1.807, 2.05) is 57.3 Å². The Labute approximate surface area is 222 Å².